The number of para-hydroxylation sites is 2. The Hall–Kier alpha value is -7.12. The molecule has 0 saturated heterocycles. The van der Waals surface area contributed by atoms with Crippen LogP contribution in [0.25, 0.3) is 132 Å². The SMILES string of the molecule is c1ccc2c(c1)c1cc(-c3cnc4c5nsnc5c5nsnc5c4n3)ccc1n2-n1c2ccccc2c2cc(-c3cnc4c5nsnc5c5nsnc5c4n3)ccc21. The fourth-order valence-corrected chi connectivity index (χ4v) is 10.6. The van der Waals surface area contributed by atoms with Crippen molar-refractivity contribution in [2.24, 2.45) is 0 Å². The summed E-state index contributed by atoms with van der Waals surface area (Å²) in [4.78, 5) is 20.0. The van der Waals surface area contributed by atoms with Gasteiger partial charge in [0.15, 0.2) is 0 Å². The number of nitrogens with zero attached hydrogens (tertiary/aromatic N) is 14. The molecule has 0 unspecified atom stereocenters. The van der Waals surface area contributed by atoms with Crippen LogP contribution in [0.1, 0.15) is 0 Å². The summed E-state index contributed by atoms with van der Waals surface area (Å²) < 4.78 is 40.8. The van der Waals surface area contributed by atoms with Crippen LogP contribution in [0, 0.1) is 0 Å². The summed E-state index contributed by atoms with van der Waals surface area (Å²) in [5, 5.41) is 4.43. The van der Waals surface area contributed by atoms with Gasteiger partial charge in [-0.2, -0.15) is 35.0 Å². The topological polar surface area (TPSA) is 165 Å². The van der Waals surface area contributed by atoms with E-state index in [1.807, 2.05) is 12.4 Å². The lowest BCUT2D eigenvalue weighted by molar-refractivity contribution is 0.775. The molecule has 0 aliphatic carbocycles. The summed E-state index contributed by atoms with van der Waals surface area (Å²) >= 11 is 4.58. The van der Waals surface area contributed by atoms with Crippen molar-refractivity contribution in [1.29, 1.82) is 0 Å². The second-order valence-corrected chi connectivity index (χ2v) is 16.0. The summed E-state index contributed by atoms with van der Waals surface area (Å²) in [5.41, 5.74) is 15.9. The zero-order chi connectivity index (χ0) is 37.6. The number of hydrogen-bond donors (Lipinski definition) is 0. The summed E-state index contributed by atoms with van der Waals surface area (Å²) in [6.45, 7) is 0. The second-order valence-electron chi connectivity index (χ2n) is 13.9. The fraction of sp³-hybridized carbons (Fsp3) is 0. The van der Waals surface area contributed by atoms with Crippen LogP contribution in [0.5, 0.6) is 0 Å². The molecule has 0 radical (unpaired) electrons. The van der Waals surface area contributed by atoms with E-state index in [-0.39, 0.29) is 0 Å². The first-order valence-corrected chi connectivity index (χ1v) is 20.8. The molecule has 14 rings (SSSR count). The first-order chi connectivity index (χ1) is 28.8. The molecule has 8 aromatic heterocycles. The molecule has 0 N–H and O–H groups in total. The fourth-order valence-electron chi connectivity index (χ4n) is 8.38. The van der Waals surface area contributed by atoms with E-state index in [0.29, 0.717) is 66.2 Å². The van der Waals surface area contributed by atoms with Gasteiger partial charge in [0.25, 0.3) is 0 Å². The Balaban J connectivity index is 0.968. The molecular weight excluding hydrogens is 805 g/mol. The van der Waals surface area contributed by atoms with Gasteiger partial charge in [0, 0.05) is 32.7 Å². The van der Waals surface area contributed by atoms with E-state index in [2.05, 4.69) is 129 Å². The highest BCUT2D eigenvalue weighted by Crippen LogP contribution is 2.39. The molecule has 6 aromatic carbocycles. The van der Waals surface area contributed by atoms with Gasteiger partial charge in [0.2, 0.25) is 0 Å². The molecular formula is C40H16N14S4. The van der Waals surface area contributed by atoms with Gasteiger partial charge in [0.05, 0.1) is 92.8 Å². The summed E-state index contributed by atoms with van der Waals surface area (Å²) in [6, 6.07) is 30.0. The van der Waals surface area contributed by atoms with Gasteiger partial charge < -0.3 is 0 Å². The molecule has 0 amide bonds. The normalized spacial score (nSPS) is 12.5. The maximum Gasteiger partial charge on any atom is 0.136 e. The molecule has 0 aliphatic rings. The van der Waals surface area contributed by atoms with Crippen LogP contribution in [-0.2, 0) is 0 Å². The molecule has 14 aromatic rings. The molecule has 0 spiro atoms. The smallest absolute Gasteiger partial charge is 0.136 e. The van der Waals surface area contributed by atoms with Crippen molar-refractivity contribution in [2.45, 2.75) is 0 Å². The summed E-state index contributed by atoms with van der Waals surface area (Å²) in [7, 11) is 0. The van der Waals surface area contributed by atoms with Crippen molar-refractivity contribution in [3.05, 3.63) is 97.3 Å². The van der Waals surface area contributed by atoms with E-state index in [4.69, 9.17) is 19.9 Å². The number of rotatable bonds is 3. The largest absolute Gasteiger partial charge is 0.250 e. The first kappa shape index (κ1) is 31.0. The lowest BCUT2D eigenvalue weighted by Crippen LogP contribution is -2.08. The predicted molar refractivity (Wildman–Crippen MR) is 231 cm³/mol. The quantitative estimate of drug-likeness (QED) is 0.166. The van der Waals surface area contributed by atoms with E-state index < -0.39 is 0 Å². The van der Waals surface area contributed by atoms with Crippen LogP contribution in [0.15, 0.2) is 97.3 Å². The number of fused-ring (bicyclic) bond motifs is 18. The van der Waals surface area contributed by atoms with Crippen LogP contribution in [-0.4, -0.2) is 64.3 Å². The average Bonchev–Trinajstić information content (AvgIpc) is 4.14. The van der Waals surface area contributed by atoms with E-state index in [9.17, 15) is 0 Å². The van der Waals surface area contributed by atoms with Crippen LogP contribution in [0.3, 0.4) is 0 Å². The van der Waals surface area contributed by atoms with E-state index in [1.54, 1.807) is 0 Å². The predicted octanol–water partition coefficient (Wildman–Crippen LogP) is 9.45. The maximum atomic E-state index is 5.12. The second kappa shape index (κ2) is 11.3. The van der Waals surface area contributed by atoms with Gasteiger partial charge in [-0.15, -0.1) is 0 Å². The maximum absolute atomic E-state index is 5.12. The van der Waals surface area contributed by atoms with Crippen molar-refractivity contribution >= 4 is 157 Å². The van der Waals surface area contributed by atoms with Crippen LogP contribution < -0.4 is 0 Å². The third-order valence-electron chi connectivity index (χ3n) is 10.9. The molecule has 8 heterocycles. The van der Waals surface area contributed by atoms with Crippen molar-refractivity contribution < 1.29 is 0 Å². The molecule has 0 aliphatic heterocycles. The van der Waals surface area contributed by atoms with E-state index >= 15 is 0 Å². The standard InChI is InChI=1S/C40H16N14S4/c1-3-7-25-19(5-1)21-13-17(23-15-41-29-31(43-23)35-39(51-57-47-35)37-33(29)45-55-49-37)9-11-27(21)53(25)54-26-8-4-2-6-20(26)22-14-18(10-12-28(22)54)24-16-42-30-32(44-24)36-40(52-58-48-36)38-34(30)46-56-50-38/h1-16H. The zero-order valence-electron chi connectivity index (χ0n) is 29.1. The highest BCUT2D eigenvalue weighted by Gasteiger charge is 2.23. The average molecular weight is 821 g/mol. The lowest BCUT2D eigenvalue weighted by Gasteiger charge is -2.13. The zero-order valence-corrected chi connectivity index (χ0v) is 32.4. The third-order valence-corrected chi connectivity index (χ3v) is 13.0. The third kappa shape index (κ3) is 4.02. The Kier molecular flexibility index (Phi) is 6.02. The van der Waals surface area contributed by atoms with Crippen LogP contribution in [0.2, 0.25) is 0 Å². The van der Waals surface area contributed by atoms with Crippen molar-refractivity contribution in [2.75, 3.05) is 0 Å². The molecule has 18 heteroatoms. The summed E-state index contributed by atoms with van der Waals surface area (Å²) in [5.74, 6) is 0. The minimum absolute atomic E-state index is 0.672. The number of hydrogen-bond acceptors (Lipinski definition) is 16. The van der Waals surface area contributed by atoms with Crippen LogP contribution >= 0.6 is 46.9 Å². The number of aromatic nitrogens is 14. The molecule has 0 atom stereocenters. The van der Waals surface area contributed by atoms with Gasteiger partial charge in [-0.05, 0) is 36.4 Å². The van der Waals surface area contributed by atoms with Crippen molar-refractivity contribution in [3.8, 4) is 22.5 Å². The molecule has 14 nitrogen and oxygen atoms in total. The van der Waals surface area contributed by atoms with Crippen LogP contribution in [0.4, 0.5) is 0 Å². The molecule has 0 bridgehead atoms. The Morgan fingerprint density at radius 1 is 0.328 bits per heavy atom. The first-order valence-electron chi connectivity index (χ1n) is 17.9. The van der Waals surface area contributed by atoms with Gasteiger partial charge >= 0.3 is 0 Å². The lowest BCUT2D eigenvalue weighted by atomic mass is 10.1. The van der Waals surface area contributed by atoms with E-state index in [1.165, 1.54) is 0 Å². The molecule has 58 heavy (non-hydrogen) atoms. The molecule has 0 saturated carbocycles. The minimum atomic E-state index is 0.672. The molecule has 0 fully saturated rings. The molecule has 270 valence electrons. The Morgan fingerprint density at radius 2 is 0.672 bits per heavy atom. The van der Waals surface area contributed by atoms with Crippen molar-refractivity contribution in [1.82, 2.24) is 64.3 Å². The highest BCUT2D eigenvalue weighted by molar-refractivity contribution is 7.01. The number of benzene rings is 6. The van der Waals surface area contributed by atoms with Gasteiger partial charge in [-0.1, -0.05) is 48.5 Å². The van der Waals surface area contributed by atoms with Gasteiger partial charge in [-0.3, -0.25) is 0 Å². The van der Waals surface area contributed by atoms with Gasteiger partial charge in [-0.25, -0.2) is 29.3 Å². The van der Waals surface area contributed by atoms with Crippen molar-refractivity contribution in [3.63, 3.8) is 0 Å². The minimum Gasteiger partial charge on any atom is -0.250 e. The Labute approximate surface area is 339 Å². The Bertz CT molecular complexity index is 3820. The summed E-state index contributed by atoms with van der Waals surface area (Å²) in [6.07, 6.45) is 3.62. The van der Waals surface area contributed by atoms with Gasteiger partial charge in [0.1, 0.15) is 66.2 Å². The Morgan fingerprint density at radius 3 is 1.09 bits per heavy atom. The monoisotopic (exact) mass is 820 g/mol. The van der Waals surface area contributed by atoms with E-state index in [0.717, 1.165) is 113 Å². The highest BCUT2D eigenvalue weighted by atomic mass is 32.1.